The van der Waals surface area contributed by atoms with Crippen LogP contribution in [0.15, 0.2) is 57.9 Å². The molecule has 8 heteroatoms. The average Bonchev–Trinajstić information content (AvgIpc) is 2.94. The Labute approximate surface area is 180 Å². The molecule has 1 heterocycles. The molecule has 144 valence electrons. The molecule has 0 bridgehead atoms. The third-order valence-electron chi connectivity index (χ3n) is 3.99. The topological polar surface area (TPSA) is 66.8 Å². The second-order valence-electron chi connectivity index (χ2n) is 5.89. The second kappa shape index (κ2) is 8.89. The van der Waals surface area contributed by atoms with Gasteiger partial charge < -0.3 is 9.84 Å². The summed E-state index contributed by atoms with van der Waals surface area (Å²) in [6.07, 6.45) is 1.25. The number of thiocarbonyl (C=S) groups is 1. The molecule has 5 nitrogen and oxygen atoms in total. The van der Waals surface area contributed by atoms with Gasteiger partial charge in [0, 0.05) is 4.47 Å². The number of anilines is 1. The van der Waals surface area contributed by atoms with Crippen LogP contribution < -0.4 is 9.64 Å². The van der Waals surface area contributed by atoms with Crippen molar-refractivity contribution in [1.82, 2.24) is 0 Å². The van der Waals surface area contributed by atoms with Crippen LogP contribution in [0.25, 0.3) is 6.08 Å². The molecule has 1 N–H and O–H groups in total. The van der Waals surface area contributed by atoms with Crippen LogP contribution in [0.2, 0.25) is 0 Å². The van der Waals surface area contributed by atoms with Crippen molar-refractivity contribution >= 4 is 67.9 Å². The number of aliphatic carboxylic acids is 1. The lowest BCUT2D eigenvalue weighted by atomic mass is 10.2. The highest BCUT2D eigenvalue weighted by atomic mass is 79.9. The quantitative estimate of drug-likeness (QED) is 0.461. The molecule has 0 radical (unpaired) electrons. The minimum Gasteiger partial charge on any atom is -0.479 e. The summed E-state index contributed by atoms with van der Waals surface area (Å²) in [5.41, 5.74) is 1.50. The van der Waals surface area contributed by atoms with E-state index in [0.717, 1.165) is 10.0 Å². The van der Waals surface area contributed by atoms with Crippen LogP contribution in [0.1, 0.15) is 18.9 Å². The predicted octanol–water partition coefficient (Wildman–Crippen LogP) is 5.10. The summed E-state index contributed by atoms with van der Waals surface area (Å²) in [6, 6.07) is 14.3. The number of benzene rings is 2. The van der Waals surface area contributed by atoms with Crippen LogP contribution in [-0.2, 0) is 9.59 Å². The van der Waals surface area contributed by atoms with Crippen LogP contribution in [0.4, 0.5) is 5.69 Å². The number of para-hydroxylation sites is 1. The second-order valence-corrected chi connectivity index (χ2v) is 8.42. The predicted molar refractivity (Wildman–Crippen MR) is 119 cm³/mol. The van der Waals surface area contributed by atoms with Gasteiger partial charge in [-0.3, -0.25) is 9.69 Å². The van der Waals surface area contributed by atoms with E-state index in [1.54, 1.807) is 37.3 Å². The molecule has 0 aromatic heterocycles. The van der Waals surface area contributed by atoms with Crippen molar-refractivity contribution in [1.29, 1.82) is 0 Å². The molecule has 1 aliphatic heterocycles. The van der Waals surface area contributed by atoms with Gasteiger partial charge in [0.05, 0.1) is 10.6 Å². The number of hydrogen-bond donors (Lipinski definition) is 1. The molecule has 1 atom stereocenters. The van der Waals surface area contributed by atoms with Gasteiger partial charge in [0.25, 0.3) is 5.91 Å². The number of carboxylic acids is 1. The van der Waals surface area contributed by atoms with Gasteiger partial charge in [-0.1, -0.05) is 55.2 Å². The number of thioether (sulfide) groups is 1. The number of nitrogens with zero attached hydrogens (tertiary/aromatic N) is 1. The van der Waals surface area contributed by atoms with Crippen molar-refractivity contribution in [3.8, 4) is 5.75 Å². The lowest BCUT2D eigenvalue weighted by Gasteiger charge is -2.15. The third kappa shape index (κ3) is 4.45. The molecular formula is C20H16BrNO4S2. The SMILES string of the molecule is CCC(Oc1ccc(/C=C2/SC(=S)N(c3ccccc3Br)C2=O)cc1)C(=O)O. The van der Waals surface area contributed by atoms with Gasteiger partial charge in [-0.05, 0) is 58.3 Å². The first-order chi connectivity index (χ1) is 13.4. The van der Waals surface area contributed by atoms with Gasteiger partial charge in [-0.15, -0.1) is 0 Å². The molecular weight excluding hydrogens is 462 g/mol. The number of carbonyl (C=O) groups is 2. The van der Waals surface area contributed by atoms with Gasteiger partial charge in [0.2, 0.25) is 0 Å². The zero-order valence-electron chi connectivity index (χ0n) is 14.8. The summed E-state index contributed by atoms with van der Waals surface area (Å²) < 4.78 is 6.71. The maximum absolute atomic E-state index is 12.8. The monoisotopic (exact) mass is 477 g/mol. The highest BCUT2D eigenvalue weighted by Gasteiger charge is 2.34. The molecule has 0 aliphatic carbocycles. The van der Waals surface area contributed by atoms with Crippen molar-refractivity contribution in [2.75, 3.05) is 4.90 Å². The summed E-state index contributed by atoms with van der Waals surface area (Å²) in [5, 5.41) is 9.08. The van der Waals surface area contributed by atoms with E-state index in [0.29, 0.717) is 27.1 Å². The molecule has 1 aliphatic rings. The lowest BCUT2D eigenvalue weighted by Crippen LogP contribution is -2.27. The summed E-state index contributed by atoms with van der Waals surface area (Å²) in [4.78, 5) is 25.9. The Hall–Kier alpha value is -2.16. The van der Waals surface area contributed by atoms with Crippen LogP contribution >= 0.6 is 39.9 Å². The van der Waals surface area contributed by atoms with Gasteiger partial charge in [0.1, 0.15) is 5.75 Å². The lowest BCUT2D eigenvalue weighted by molar-refractivity contribution is -0.145. The van der Waals surface area contributed by atoms with E-state index in [4.69, 9.17) is 22.1 Å². The molecule has 0 saturated carbocycles. The zero-order chi connectivity index (χ0) is 20.3. The minimum absolute atomic E-state index is 0.181. The standard InChI is InChI=1S/C20H16BrNO4S2/c1-2-16(19(24)25)26-13-9-7-12(8-10-13)11-17-18(23)22(20(27)28-17)15-6-4-3-5-14(15)21/h3-11,16H,2H2,1H3,(H,24,25)/b17-11+. The fourth-order valence-corrected chi connectivity index (χ4v) is 4.32. The van der Waals surface area contributed by atoms with Crippen LogP contribution in [0.3, 0.4) is 0 Å². The first-order valence-electron chi connectivity index (χ1n) is 8.42. The maximum atomic E-state index is 12.8. The Morgan fingerprint density at radius 2 is 1.96 bits per heavy atom. The third-order valence-corrected chi connectivity index (χ3v) is 5.96. The largest absolute Gasteiger partial charge is 0.479 e. The van der Waals surface area contributed by atoms with Gasteiger partial charge in [0.15, 0.2) is 10.4 Å². The first kappa shape index (κ1) is 20.6. The highest BCUT2D eigenvalue weighted by Crippen LogP contribution is 2.38. The summed E-state index contributed by atoms with van der Waals surface area (Å²) in [6.45, 7) is 1.75. The normalized spacial score (nSPS) is 16.5. The molecule has 2 aromatic carbocycles. The van der Waals surface area contributed by atoms with Crippen molar-refractivity contribution in [2.24, 2.45) is 0 Å². The smallest absolute Gasteiger partial charge is 0.344 e. The van der Waals surface area contributed by atoms with Gasteiger partial charge in [-0.2, -0.15) is 0 Å². The summed E-state index contributed by atoms with van der Waals surface area (Å²) in [5.74, 6) is -0.714. The Morgan fingerprint density at radius 1 is 1.29 bits per heavy atom. The van der Waals surface area contributed by atoms with Crippen molar-refractivity contribution in [2.45, 2.75) is 19.4 Å². The van der Waals surface area contributed by atoms with E-state index >= 15 is 0 Å². The zero-order valence-corrected chi connectivity index (χ0v) is 18.0. The fourth-order valence-electron chi connectivity index (χ4n) is 2.58. The van der Waals surface area contributed by atoms with Gasteiger partial charge >= 0.3 is 5.97 Å². The number of halogens is 1. The first-order valence-corrected chi connectivity index (χ1v) is 10.4. The maximum Gasteiger partial charge on any atom is 0.344 e. The van der Waals surface area contributed by atoms with Crippen LogP contribution in [0.5, 0.6) is 5.75 Å². The molecule has 1 saturated heterocycles. The molecule has 28 heavy (non-hydrogen) atoms. The molecule has 3 rings (SSSR count). The Bertz CT molecular complexity index is 959. The van der Waals surface area contributed by atoms with Gasteiger partial charge in [-0.25, -0.2) is 4.79 Å². The van der Waals surface area contributed by atoms with E-state index in [-0.39, 0.29) is 5.91 Å². The van der Waals surface area contributed by atoms with Crippen LogP contribution in [-0.4, -0.2) is 27.4 Å². The molecule has 1 fully saturated rings. The average molecular weight is 478 g/mol. The Balaban J connectivity index is 1.79. The Morgan fingerprint density at radius 3 is 2.57 bits per heavy atom. The number of amides is 1. The van der Waals surface area contributed by atoms with E-state index in [1.807, 2.05) is 24.3 Å². The summed E-state index contributed by atoms with van der Waals surface area (Å²) in [7, 11) is 0. The van der Waals surface area contributed by atoms with E-state index in [9.17, 15) is 9.59 Å². The molecule has 1 unspecified atom stereocenters. The molecule has 0 spiro atoms. The number of carboxylic acid groups (broad SMARTS) is 1. The Kier molecular flexibility index (Phi) is 6.53. The van der Waals surface area contributed by atoms with Crippen LogP contribution in [0, 0.1) is 0 Å². The van der Waals surface area contributed by atoms with Crippen molar-refractivity contribution in [3.63, 3.8) is 0 Å². The fraction of sp³-hybridized carbons (Fsp3) is 0.150. The van der Waals surface area contributed by atoms with Crippen molar-refractivity contribution in [3.05, 3.63) is 63.5 Å². The van der Waals surface area contributed by atoms with E-state index in [1.165, 1.54) is 16.7 Å². The number of ether oxygens (including phenoxy) is 1. The van der Waals surface area contributed by atoms with Crippen molar-refractivity contribution < 1.29 is 19.4 Å². The van der Waals surface area contributed by atoms with E-state index in [2.05, 4.69) is 15.9 Å². The highest BCUT2D eigenvalue weighted by molar-refractivity contribution is 9.10. The minimum atomic E-state index is -0.998. The number of carbonyl (C=O) groups excluding carboxylic acids is 1. The van der Waals surface area contributed by atoms with E-state index < -0.39 is 12.1 Å². The number of hydrogen-bond acceptors (Lipinski definition) is 5. The molecule has 1 amide bonds. The number of rotatable bonds is 6. The molecule has 2 aromatic rings. The summed E-state index contributed by atoms with van der Waals surface area (Å²) >= 11 is 10.1.